The highest BCUT2D eigenvalue weighted by Crippen LogP contribution is 2.33. The highest BCUT2D eigenvalue weighted by atomic mass is 35.5. The maximum atomic E-state index is 12.8. The van der Waals surface area contributed by atoms with Gasteiger partial charge in [0.05, 0.1) is 11.0 Å². The first-order chi connectivity index (χ1) is 11.9. The van der Waals surface area contributed by atoms with Crippen LogP contribution >= 0.6 is 11.6 Å². The van der Waals surface area contributed by atoms with Crippen LogP contribution in [0.25, 0.3) is 0 Å². The van der Waals surface area contributed by atoms with E-state index in [1.165, 1.54) is 12.1 Å². The van der Waals surface area contributed by atoms with Gasteiger partial charge in [0.2, 0.25) is 0 Å². The maximum absolute atomic E-state index is 12.8. The second-order valence-electron chi connectivity index (χ2n) is 6.04. The van der Waals surface area contributed by atoms with Crippen molar-refractivity contribution in [2.75, 3.05) is 7.05 Å². The number of ether oxygens (including phenoxy) is 1. The van der Waals surface area contributed by atoms with Crippen molar-refractivity contribution >= 4 is 23.2 Å². The predicted molar refractivity (Wildman–Crippen MR) is 93.9 cm³/mol. The Morgan fingerprint density at radius 3 is 2.84 bits per heavy atom. The van der Waals surface area contributed by atoms with Gasteiger partial charge in [0.15, 0.2) is 6.10 Å². The van der Waals surface area contributed by atoms with E-state index < -0.39 is 11.0 Å². The minimum absolute atomic E-state index is 0.00404. The molecule has 1 heterocycles. The molecular weight excluding hydrogens is 344 g/mol. The van der Waals surface area contributed by atoms with Crippen LogP contribution < -0.4 is 4.74 Å². The van der Waals surface area contributed by atoms with Crippen LogP contribution in [0.1, 0.15) is 24.1 Å². The summed E-state index contributed by atoms with van der Waals surface area (Å²) in [6.45, 7) is 1.83. The number of non-ortho nitro benzene ring substituents is 1. The number of nitro groups is 1. The number of carbonyl (C=O) groups excluding carboxylic acids is 1. The molecule has 1 aliphatic heterocycles. The van der Waals surface area contributed by atoms with Gasteiger partial charge in [-0.15, -0.1) is 0 Å². The zero-order chi connectivity index (χ0) is 18.1. The molecule has 0 saturated carbocycles. The normalized spacial score (nSPS) is 16.7. The van der Waals surface area contributed by atoms with E-state index >= 15 is 0 Å². The fourth-order valence-corrected chi connectivity index (χ4v) is 3.09. The van der Waals surface area contributed by atoms with Gasteiger partial charge in [-0.25, -0.2) is 0 Å². The lowest BCUT2D eigenvalue weighted by Gasteiger charge is -2.27. The van der Waals surface area contributed by atoms with Gasteiger partial charge in [0.1, 0.15) is 5.75 Å². The molecule has 2 aromatic rings. The number of likely N-dealkylation sites (N-methyl/N-ethyl adjacent to an activating group) is 1. The van der Waals surface area contributed by atoms with Crippen LogP contribution in [-0.4, -0.2) is 28.9 Å². The summed E-state index contributed by atoms with van der Waals surface area (Å²) in [6, 6.07) is 11.3. The molecule has 0 bridgehead atoms. The molecule has 3 rings (SSSR count). The van der Waals surface area contributed by atoms with Crippen LogP contribution in [-0.2, 0) is 11.2 Å². The van der Waals surface area contributed by atoms with E-state index in [0.717, 1.165) is 5.56 Å². The Morgan fingerprint density at radius 1 is 1.36 bits per heavy atom. The zero-order valence-electron chi connectivity index (χ0n) is 13.8. The van der Waals surface area contributed by atoms with Crippen molar-refractivity contribution in [1.82, 2.24) is 4.90 Å². The summed E-state index contributed by atoms with van der Waals surface area (Å²) >= 11 is 5.98. The minimum Gasteiger partial charge on any atom is -0.480 e. The quantitative estimate of drug-likeness (QED) is 0.614. The molecule has 1 aliphatic rings. The molecule has 7 heteroatoms. The average molecular weight is 361 g/mol. The van der Waals surface area contributed by atoms with Gasteiger partial charge >= 0.3 is 0 Å². The SMILES string of the molecule is C[C@H](c1cccc([N+](=O)[O-])c1)N(C)C(=O)[C@H]1Cc2cc(Cl)ccc2O1. The number of nitro benzene ring substituents is 1. The van der Waals surface area contributed by atoms with E-state index in [1.807, 2.05) is 6.92 Å². The molecule has 0 aromatic heterocycles. The van der Waals surface area contributed by atoms with E-state index in [2.05, 4.69) is 0 Å². The number of benzene rings is 2. The standard InChI is InChI=1S/C18H17ClN2O4/c1-11(12-4-3-5-15(9-12)21(23)24)20(2)18(22)17-10-13-8-14(19)6-7-16(13)25-17/h3-9,11,17H,10H2,1-2H3/t11-,17-/m1/s1. The van der Waals surface area contributed by atoms with Crippen molar-refractivity contribution < 1.29 is 14.5 Å². The Kier molecular flexibility index (Phi) is 4.63. The third-order valence-corrected chi connectivity index (χ3v) is 4.70. The van der Waals surface area contributed by atoms with Gasteiger partial charge in [0, 0.05) is 30.6 Å². The number of halogens is 1. The van der Waals surface area contributed by atoms with Crippen molar-refractivity contribution in [3.63, 3.8) is 0 Å². The zero-order valence-corrected chi connectivity index (χ0v) is 14.6. The van der Waals surface area contributed by atoms with E-state index in [1.54, 1.807) is 42.3 Å². The fraction of sp³-hybridized carbons (Fsp3) is 0.278. The second-order valence-corrected chi connectivity index (χ2v) is 6.48. The molecule has 0 saturated heterocycles. The number of amides is 1. The molecule has 2 aromatic carbocycles. The summed E-state index contributed by atoms with van der Waals surface area (Å²) in [6.07, 6.45) is -0.152. The summed E-state index contributed by atoms with van der Waals surface area (Å²) in [7, 11) is 1.67. The van der Waals surface area contributed by atoms with E-state index in [-0.39, 0.29) is 17.6 Å². The molecule has 0 fully saturated rings. The topological polar surface area (TPSA) is 72.7 Å². The Labute approximate surface area is 150 Å². The molecule has 0 N–H and O–H groups in total. The van der Waals surface area contributed by atoms with E-state index in [0.29, 0.717) is 22.8 Å². The highest BCUT2D eigenvalue weighted by Gasteiger charge is 2.33. The fourth-order valence-electron chi connectivity index (χ4n) is 2.89. The molecule has 2 atom stereocenters. The second kappa shape index (κ2) is 6.72. The van der Waals surface area contributed by atoms with Crippen LogP contribution in [0.2, 0.25) is 5.02 Å². The van der Waals surface area contributed by atoms with Crippen molar-refractivity contribution in [1.29, 1.82) is 0 Å². The monoisotopic (exact) mass is 360 g/mol. The first-order valence-corrected chi connectivity index (χ1v) is 8.20. The Morgan fingerprint density at radius 2 is 2.12 bits per heavy atom. The summed E-state index contributed by atoms with van der Waals surface area (Å²) in [5.74, 6) is 0.491. The molecule has 0 unspecified atom stereocenters. The lowest BCUT2D eigenvalue weighted by Crippen LogP contribution is -2.40. The molecule has 0 aliphatic carbocycles. The van der Waals surface area contributed by atoms with Crippen molar-refractivity contribution in [3.05, 3.63) is 68.7 Å². The number of rotatable bonds is 4. The first kappa shape index (κ1) is 17.2. The van der Waals surface area contributed by atoms with Crippen molar-refractivity contribution in [3.8, 4) is 5.75 Å². The average Bonchev–Trinajstić information content (AvgIpc) is 3.02. The van der Waals surface area contributed by atoms with Crippen LogP contribution in [0, 0.1) is 10.1 Å². The van der Waals surface area contributed by atoms with Gasteiger partial charge in [-0.05, 0) is 36.2 Å². The van der Waals surface area contributed by atoms with Crippen LogP contribution in [0.4, 0.5) is 5.69 Å². The third-order valence-electron chi connectivity index (χ3n) is 4.46. The maximum Gasteiger partial charge on any atom is 0.269 e. The number of carbonyl (C=O) groups is 1. The first-order valence-electron chi connectivity index (χ1n) is 7.83. The summed E-state index contributed by atoms with van der Waals surface area (Å²) in [4.78, 5) is 24.8. The lowest BCUT2D eigenvalue weighted by atomic mass is 10.0. The smallest absolute Gasteiger partial charge is 0.269 e. The van der Waals surface area contributed by atoms with Crippen molar-refractivity contribution in [2.45, 2.75) is 25.5 Å². The molecule has 25 heavy (non-hydrogen) atoms. The van der Waals surface area contributed by atoms with Crippen LogP contribution in [0.5, 0.6) is 5.75 Å². The number of nitrogens with zero attached hydrogens (tertiary/aromatic N) is 2. The van der Waals surface area contributed by atoms with Crippen molar-refractivity contribution in [2.24, 2.45) is 0 Å². The van der Waals surface area contributed by atoms with Crippen LogP contribution in [0.15, 0.2) is 42.5 Å². The molecule has 1 amide bonds. The minimum atomic E-state index is -0.611. The van der Waals surface area contributed by atoms with Crippen LogP contribution in [0.3, 0.4) is 0 Å². The molecular formula is C18H17ClN2O4. The van der Waals surface area contributed by atoms with Gasteiger partial charge in [-0.1, -0.05) is 23.7 Å². The van der Waals surface area contributed by atoms with Gasteiger partial charge in [-0.2, -0.15) is 0 Å². The third kappa shape index (κ3) is 3.44. The highest BCUT2D eigenvalue weighted by molar-refractivity contribution is 6.30. The largest absolute Gasteiger partial charge is 0.480 e. The summed E-state index contributed by atoms with van der Waals surface area (Å²) < 4.78 is 5.73. The summed E-state index contributed by atoms with van der Waals surface area (Å²) in [5, 5.41) is 11.5. The lowest BCUT2D eigenvalue weighted by molar-refractivity contribution is -0.384. The molecule has 0 spiro atoms. The van der Waals surface area contributed by atoms with Gasteiger partial charge < -0.3 is 9.64 Å². The molecule has 6 nitrogen and oxygen atoms in total. The predicted octanol–water partition coefficient (Wildman–Crippen LogP) is 3.77. The number of hydrogen-bond donors (Lipinski definition) is 0. The number of fused-ring (bicyclic) bond motifs is 1. The molecule has 0 radical (unpaired) electrons. The molecule has 130 valence electrons. The Bertz CT molecular complexity index is 840. The Balaban J connectivity index is 1.75. The van der Waals surface area contributed by atoms with E-state index in [4.69, 9.17) is 16.3 Å². The number of hydrogen-bond acceptors (Lipinski definition) is 4. The van der Waals surface area contributed by atoms with Gasteiger partial charge in [-0.3, -0.25) is 14.9 Å². The Hall–Kier alpha value is -2.60. The van der Waals surface area contributed by atoms with Gasteiger partial charge in [0.25, 0.3) is 11.6 Å². The van der Waals surface area contributed by atoms with E-state index in [9.17, 15) is 14.9 Å². The summed E-state index contributed by atoms with van der Waals surface area (Å²) in [5.41, 5.74) is 1.61.